The molecule has 0 saturated carbocycles. The predicted octanol–water partition coefficient (Wildman–Crippen LogP) is 5.72. The van der Waals surface area contributed by atoms with Gasteiger partial charge in [0.05, 0.1) is 24.2 Å². The Morgan fingerprint density at radius 1 is 1.00 bits per heavy atom. The minimum Gasteiger partial charge on any atom is -0.497 e. The molecule has 0 atom stereocenters. The first-order chi connectivity index (χ1) is 13.2. The van der Waals surface area contributed by atoms with Crippen LogP contribution in [0.3, 0.4) is 0 Å². The lowest BCUT2D eigenvalue weighted by molar-refractivity contribution is -0.137. The second-order valence-corrected chi connectivity index (χ2v) is 10.2. The van der Waals surface area contributed by atoms with E-state index in [1.165, 1.54) is 22.9 Å². The fourth-order valence-electron chi connectivity index (χ4n) is 2.19. The number of methoxy groups -OCH3 is 1. The van der Waals surface area contributed by atoms with E-state index < -0.39 is 21.6 Å². The highest BCUT2D eigenvalue weighted by Crippen LogP contribution is 2.30. The SMILES string of the molecule is COc1ccc(CSS/C=C\CS(=O)(=O)Cc2ccc(C(F)(F)F)cc2)cc1. The molecule has 0 aromatic heterocycles. The molecule has 0 bridgehead atoms. The minimum atomic E-state index is -4.43. The van der Waals surface area contributed by atoms with E-state index in [1.807, 2.05) is 24.3 Å². The number of ether oxygens (including phenoxy) is 1. The molecule has 0 fully saturated rings. The first kappa shape index (κ1) is 22.7. The molecule has 0 aliphatic heterocycles. The molecule has 0 aliphatic rings. The Bertz CT molecular complexity index is 875. The smallest absolute Gasteiger partial charge is 0.416 e. The van der Waals surface area contributed by atoms with Gasteiger partial charge in [0.15, 0.2) is 9.84 Å². The fourth-order valence-corrected chi connectivity index (χ4v) is 5.25. The van der Waals surface area contributed by atoms with Crippen LogP contribution in [0, 0.1) is 0 Å². The van der Waals surface area contributed by atoms with Gasteiger partial charge in [-0.25, -0.2) is 8.42 Å². The van der Waals surface area contributed by atoms with Crippen molar-refractivity contribution >= 4 is 31.4 Å². The molecule has 28 heavy (non-hydrogen) atoms. The largest absolute Gasteiger partial charge is 0.497 e. The van der Waals surface area contributed by atoms with Crippen molar-refractivity contribution in [1.82, 2.24) is 0 Å². The first-order valence-corrected chi connectivity index (χ1v) is 12.3. The van der Waals surface area contributed by atoms with Crippen LogP contribution >= 0.6 is 21.6 Å². The maximum Gasteiger partial charge on any atom is 0.416 e. The second kappa shape index (κ2) is 10.3. The van der Waals surface area contributed by atoms with E-state index in [0.717, 1.165) is 29.2 Å². The quantitative estimate of drug-likeness (QED) is 0.362. The molecule has 3 nitrogen and oxygen atoms in total. The van der Waals surface area contributed by atoms with Gasteiger partial charge < -0.3 is 4.74 Å². The van der Waals surface area contributed by atoms with Gasteiger partial charge in [0.2, 0.25) is 0 Å². The second-order valence-electron chi connectivity index (χ2n) is 5.83. The van der Waals surface area contributed by atoms with Crippen LogP contribution in [0.2, 0.25) is 0 Å². The van der Waals surface area contributed by atoms with E-state index in [4.69, 9.17) is 4.74 Å². The van der Waals surface area contributed by atoms with Crippen molar-refractivity contribution in [2.75, 3.05) is 12.9 Å². The molecule has 2 aromatic carbocycles. The third kappa shape index (κ3) is 7.81. The van der Waals surface area contributed by atoms with Gasteiger partial charge in [-0.15, -0.1) is 0 Å². The van der Waals surface area contributed by atoms with Gasteiger partial charge in [0, 0.05) is 5.75 Å². The normalized spacial score (nSPS) is 12.4. The third-order valence-corrected chi connectivity index (χ3v) is 7.08. The molecule has 2 aromatic rings. The first-order valence-electron chi connectivity index (χ1n) is 8.12. The summed E-state index contributed by atoms with van der Waals surface area (Å²) in [5.41, 5.74) is 0.670. The predicted molar refractivity (Wildman–Crippen MR) is 110 cm³/mol. The van der Waals surface area contributed by atoms with E-state index >= 15 is 0 Å². The monoisotopic (exact) mass is 448 g/mol. The van der Waals surface area contributed by atoms with Crippen LogP contribution in [-0.4, -0.2) is 21.3 Å². The summed E-state index contributed by atoms with van der Waals surface area (Å²) in [5.74, 6) is 1.10. The van der Waals surface area contributed by atoms with Crippen LogP contribution in [0.1, 0.15) is 16.7 Å². The van der Waals surface area contributed by atoms with E-state index in [-0.39, 0.29) is 11.5 Å². The highest BCUT2D eigenvalue weighted by Gasteiger charge is 2.30. The van der Waals surface area contributed by atoms with Gasteiger partial charge in [-0.3, -0.25) is 0 Å². The third-order valence-electron chi connectivity index (χ3n) is 3.62. The van der Waals surface area contributed by atoms with E-state index in [9.17, 15) is 21.6 Å². The van der Waals surface area contributed by atoms with Crippen LogP contribution in [0.25, 0.3) is 0 Å². The van der Waals surface area contributed by atoms with Crippen molar-refractivity contribution in [2.24, 2.45) is 0 Å². The minimum absolute atomic E-state index is 0.163. The van der Waals surface area contributed by atoms with Gasteiger partial charge in [-0.1, -0.05) is 51.9 Å². The fraction of sp³-hybridized carbons (Fsp3) is 0.263. The number of hydrogen-bond acceptors (Lipinski definition) is 5. The average Bonchev–Trinajstić information content (AvgIpc) is 2.64. The Labute approximate surface area is 170 Å². The van der Waals surface area contributed by atoms with Crippen LogP contribution in [0.15, 0.2) is 60.0 Å². The molecule has 0 heterocycles. The van der Waals surface area contributed by atoms with Crippen LogP contribution in [0.5, 0.6) is 5.75 Å². The molecule has 0 saturated heterocycles. The molecule has 0 spiro atoms. The summed E-state index contributed by atoms with van der Waals surface area (Å²) in [4.78, 5) is 0. The summed E-state index contributed by atoms with van der Waals surface area (Å²) in [5, 5.41) is 1.71. The van der Waals surface area contributed by atoms with Gasteiger partial charge in [0.1, 0.15) is 5.75 Å². The van der Waals surface area contributed by atoms with Crippen molar-refractivity contribution in [2.45, 2.75) is 17.7 Å². The zero-order valence-corrected chi connectivity index (χ0v) is 17.4. The average molecular weight is 449 g/mol. The van der Waals surface area contributed by atoms with E-state index in [2.05, 4.69) is 0 Å². The Balaban J connectivity index is 1.75. The zero-order chi connectivity index (χ0) is 20.6. The van der Waals surface area contributed by atoms with Gasteiger partial charge in [0.25, 0.3) is 0 Å². The number of halogens is 3. The molecule has 0 N–H and O–H groups in total. The Morgan fingerprint density at radius 2 is 1.61 bits per heavy atom. The Morgan fingerprint density at radius 3 is 2.18 bits per heavy atom. The lowest BCUT2D eigenvalue weighted by atomic mass is 10.1. The van der Waals surface area contributed by atoms with Crippen LogP contribution in [-0.2, 0) is 27.5 Å². The molecule has 0 unspecified atom stereocenters. The molecule has 0 amide bonds. The summed E-state index contributed by atoms with van der Waals surface area (Å²) in [7, 11) is 1.16. The number of alkyl halides is 3. The van der Waals surface area contributed by atoms with Gasteiger partial charge in [-0.05, 0) is 40.8 Å². The lowest BCUT2D eigenvalue weighted by Gasteiger charge is -2.07. The van der Waals surface area contributed by atoms with Crippen LogP contribution in [0.4, 0.5) is 13.2 Å². The Kier molecular flexibility index (Phi) is 8.33. The number of sulfone groups is 1. The number of hydrogen-bond donors (Lipinski definition) is 0. The van der Waals surface area contributed by atoms with Gasteiger partial charge in [-0.2, -0.15) is 13.2 Å². The topological polar surface area (TPSA) is 43.4 Å². The number of benzene rings is 2. The van der Waals surface area contributed by atoms with Crippen molar-refractivity contribution in [3.8, 4) is 5.75 Å². The Hall–Kier alpha value is -1.58. The molecular formula is C19H19F3O3S3. The summed E-state index contributed by atoms with van der Waals surface area (Å²) in [6, 6.07) is 11.9. The molecule has 152 valence electrons. The summed E-state index contributed by atoms with van der Waals surface area (Å²) in [6.45, 7) is 0. The molecule has 0 aliphatic carbocycles. The lowest BCUT2D eigenvalue weighted by Crippen LogP contribution is -2.08. The van der Waals surface area contributed by atoms with Crippen LogP contribution < -0.4 is 4.74 Å². The highest BCUT2D eigenvalue weighted by molar-refractivity contribution is 8.77. The molecule has 0 radical (unpaired) electrons. The van der Waals surface area contributed by atoms with Crippen molar-refractivity contribution in [1.29, 1.82) is 0 Å². The van der Waals surface area contributed by atoms with E-state index in [1.54, 1.807) is 29.4 Å². The summed E-state index contributed by atoms with van der Waals surface area (Å²) in [6.07, 6.45) is -2.88. The maximum atomic E-state index is 12.5. The standard InChI is InChI=1S/C19H19F3O3S3/c1-25-18-9-5-15(6-10-18)13-27-26-11-2-12-28(23,24)14-16-3-7-17(8-4-16)19(20,21)22/h2-11H,12-14H2,1H3/b11-2-. The highest BCUT2D eigenvalue weighted by atomic mass is 33.1. The molecule has 9 heteroatoms. The molecular weight excluding hydrogens is 429 g/mol. The van der Waals surface area contributed by atoms with Gasteiger partial charge >= 0.3 is 6.18 Å². The summed E-state index contributed by atoms with van der Waals surface area (Å²) < 4.78 is 66.9. The van der Waals surface area contributed by atoms with Crippen molar-refractivity contribution < 1.29 is 26.3 Å². The van der Waals surface area contributed by atoms with Crippen molar-refractivity contribution in [3.63, 3.8) is 0 Å². The molecule has 2 rings (SSSR count). The zero-order valence-electron chi connectivity index (χ0n) is 15.0. The van der Waals surface area contributed by atoms with E-state index in [0.29, 0.717) is 5.56 Å². The van der Waals surface area contributed by atoms with Crippen molar-refractivity contribution in [3.05, 3.63) is 76.7 Å². The maximum absolute atomic E-state index is 12.5. The number of rotatable bonds is 9. The summed E-state index contributed by atoms with van der Waals surface area (Å²) >= 11 is 0.